The summed E-state index contributed by atoms with van der Waals surface area (Å²) in [5.41, 5.74) is 3.39. The van der Waals surface area contributed by atoms with Crippen molar-refractivity contribution < 1.29 is 9.18 Å². The van der Waals surface area contributed by atoms with Crippen LogP contribution in [0.1, 0.15) is 23.5 Å². The molecule has 2 aromatic rings. The van der Waals surface area contributed by atoms with Crippen molar-refractivity contribution in [2.24, 2.45) is 5.92 Å². The van der Waals surface area contributed by atoms with Crippen LogP contribution in [-0.2, 0) is 11.2 Å². The van der Waals surface area contributed by atoms with Gasteiger partial charge in [-0.2, -0.15) is 0 Å². The van der Waals surface area contributed by atoms with Gasteiger partial charge in [0.15, 0.2) is 0 Å². The van der Waals surface area contributed by atoms with E-state index in [0.29, 0.717) is 0 Å². The summed E-state index contributed by atoms with van der Waals surface area (Å²) < 4.78 is 13.0. The van der Waals surface area contributed by atoms with E-state index < -0.39 is 0 Å². The van der Waals surface area contributed by atoms with Crippen molar-refractivity contribution in [3.05, 3.63) is 65.5 Å². The van der Waals surface area contributed by atoms with Gasteiger partial charge in [0.1, 0.15) is 5.82 Å². The maximum absolute atomic E-state index is 13.0. The molecule has 106 valence electrons. The van der Waals surface area contributed by atoms with Crippen LogP contribution in [0.15, 0.2) is 48.5 Å². The zero-order chi connectivity index (χ0) is 14.4. The maximum Gasteiger partial charge on any atom is 0.230 e. The fourth-order valence-corrected chi connectivity index (χ4v) is 3.31. The molecule has 1 amide bonds. The molecule has 2 aliphatic rings. The van der Waals surface area contributed by atoms with Crippen LogP contribution < -0.4 is 4.90 Å². The van der Waals surface area contributed by atoms with E-state index in [4.69, 9.17) is 0 Å². The predicted octanol–water partition coefficient (Wildman–Crippen LogP) is 3.52. The van der Waals surface area contributed by atoms with E-state index in [2.05, 4.69) is 6.07 Å². The number of rotatable bonds is 2. The van der Waals surface area contributed by atoms with E-state index in [9.17, 15) is 9.18 Å². The number of amides is 1. The van der Waals surface area contributed by atoms with E-state index in [1.165, 1.54) is 17.7 Å². The number of fused-ring (bicyclic) bond motifs is 1. The molecule has 2 unspecified atom stereocenters. The average molecular weight is 281 g/mol. The molecule has 0 radical (unpaired) electrons. The van der Waals surface area contributed by atoms with Crippen LogP contribution in [0.25, 0.3) is 0 Å². The molecule has 2 aromatic carbocycles. The molecular formula is C18H16FNO. The number of para-hydroxylation sites is 1. The van der Waals surface area contributed by atoms with E-state index >= 15 is 0 Å². The molecule has 0 spiro atoms. The Balaban J connectivity index is 1.52. The summed E-state index contributed by atoms with van der Waals surface area (Å²) in [6, 6.07) is 14.7. The summed E-state index contributed by atoms with van der Waals surface area (Å²) >= 11 is 0. The molecule has 0 N–H and O–H groups in total. The number of nitrogens with zero attached hydrogens (tertiary/aromatic N) is 1. The lowest BCUT2D eigenvalue weighted by Gasteiger charge is -2.17. The fraction of sp³-hybridized carbons (Fsp3) is 0.278. The number of anilines is 1. The van der Waals surface area contributed by atoms with Crippen LogP contribution in [0.2, 0.25) is 0 Å². The van der Waals surface area contributed by atoms with Crippen molar-refractivity contribution >= 4 is 11.6 Å². The fourth-order valence-electron chi connectivity index (χ4n) is 3.31. The van der Waals surface area contributed by atoms with E-state index in [1.54, 1.807) is 12.1 Å². The Labute approximate surface area is 123 Å². The lowest BCUT2D eigenvalue weighted by Crippen LogP contribution is -2.30. The summed E-state index contributed by atoms with van der Waals surface area (Å²) in [6.07, 6.45) is 1.82. The van der Waals surface area contributed by atoms with Crippen molar-refractivity contribution in [3.63, 3.8) is 0 Å². The summed E-state index contributed by atoms with van der Waals surface area (Å²) in [5.74, 6) is 0.303. The minimum absolute atomic E-state index is 0.0571. The van der Waals surface area contributed by atoms with Crippen molar-refractivity contribution in [1.82, 2.24) is 0 Å². The Morgan fingerprint density at radius 1 is 1.10 bits per heavy atom. The number of hydrogen-bond donors (Lipinski definition) is 0. The van der Waals surface area contributed by atoms with Gasteiger partial charge in [0, 0.05) is 18.2 Å². The molecule has 1 aliphatic heterocycles. The molecule has 1 saturated carbocycles. The minimum Gasteiger partial charge on any atom is -0.312 e. The summed E-state index contributed by atoms with van der Waals surface area (Å²) in [5, 5.41) is 0. The van der Waals surface area contributed by atoms with Crippen molar-refractivity contribution in [2.75, 3.05) is 11.4 Å². The van der Waals surface area contributed by atoms with E-state index in [0.717, 1.165) is 30.6 Å². The van der Waals surface area contributed by atoms with Gasteiger partial charge in [0.2, 0.25) is 5.91 Å². The Bertz CT molecular complexity index is 695. The molecule has 1 aliphatic carbocycles. The van der Waals surface area contributed by atoms with Crippen molar-refractivity contribution in [3.8, 4) is 0 Å². The van der Waals surface area contributed by atoms with Gasteiger partial charge in [0.25, 0.3) is 0 Å². The molecular weight excluding hydrogens is 265 g/mol. The number of carbonyl (C=O) groups is 1. The molecule has 3 heteroatoms. The number of benzene rings is 2. The molecule has 2 nitrogen and oxygen atoms in total. The summed E-state index contributed by atoms with van der Waals surface area (Å²) in [6.45, 7) is 0.783. The van der Waals surface area contributed by atoms with E-state index in [1.807, 2.05) is 23.1 Å². The van der Waals surface area contributed by atoms with Crippen LogP contribution >= 0.6 is 0 Å². The van der Waals surface area contributed by atoms with Crippen LogP contribution in [0.4, 0.5) is 10.1 Å². The Morgan fingerprint density at radius 2 is 1.86 bits per heavy atom. The summed E-state index contributed by atoms with van der Waals surface area (Å²) in [4.78, 5) is 14.6. The monoisotopic (exact) mass is 281 g/mol. The zero-order valence-corrected chi connectivity index (χ0v) is 11.6. The standard InChI is InChI=1S/C18H16FNO/c19-14-7-5-12(6-8-14)15-11-16(15)18(21)20-10-9-13-3-1-2-4-17(13)20/h1-8,15-16H,9-11H2. The van der Waals surface area contributed by atoms with Crippen LogP contribution in [0.5, 0.6) is 0 Å². The third kappa shape index (κ3) is 2.13. The smallest absolute Gasteiger partial charge is 0.230 e. The minimum atomic E-state index is -0.226. The largest absolute Gasteiger partial charge is 0.312 e. The lowest BCUT2D eigenvalue weighted by molar-refractivity contribution is -0.119. The number of hydrogen-bond acceptors (Lipinski definition) is 1. The maximum atomic E-state index is 13.0. The second-order valence-electron chi connectivity index (χ2n) is 5.87. The number of halogens is 1. The first kappa shape index (κ1) is 12.6. The second kappa shape index (κ2) is 4.69. The molecule has 0 saturated heterocycles. The highest BCUT2D eigenvalue weighted by Crippen LogP contribution is 2.49. The van der Waals surface area contributed by atoms with Gasteiger partial charge in [0.05, 0.1) is 0 Å². The molecule has 1 heterocycles. The van der Waals surface area contributed by atoms with Crippen LogP contribution in [-0.4, -0.2) is 12.5 Å². The molecule has 2 atom stereocenters. The SMILES string of the molecule is O=C(C1CC1c1ccc(F)cc1)N1CCc2ccccc21. The topological polar surface area (TPSA) is 20.3 Å². The van der Waals surface area contributed by atoms with Gasteiger partial charge in [-0.15, -0.1) is 0 Å². The molecule has 0 aromatic heterocycles. The third-order valence-corrected chi connectivity index (χ3v) is 4.56. The van der Waals surface area contributed by atoms with Gasteiger partial charge in [-0.3, -0.25) is 4.79 Å². The van der Waals surface area contributed by atoms with Gasteiger partial charge in [-0.25, -0.2) is 4.39 Å². The van der Waals surface area contributed by atoms with Crippen LogP contribution in [0.3, 0.4) is 0 Å². The van der Waals surface area contributed by atoms with Gasteiger partial charge < -0.3 is 4.90 Å². The molecule has 0 bridgehead atoms. The second-order valence-corrected chi connectivity index (χ2v) is 5.87. The lowest BCUT2D eigenvalue weighted by atomic mass is 10.1. The Kier molecular flexibility index (Phi) is 2.81. The van der Waals surface area contributed by atoms with Crippen LogP contribution in [0, 0.1) is 11.7 Å². The average Bonchev–Trinajstić information content (AvgIpc) is 3.19. The normalized spacial score (nSPS) is 23.0. The zero-order valence-electron chi connectivity index (χ0n) is 11.6. The van der Waals surface area contributed by atoms with Crippen molar-refractivity contribution in [1.29, 1.82) is 0 Å². The predicted molar refractivity (Wildman–Crippen MR) is 79.7 cm³/mol. The Hall–Kier alpha value is -2.16. The van der Waals surface area contributed by atoms with Gasteiger partial charge in [-0.1, -0.05) is 30.3 Å². The summed E-state index contributed by atoms with van der Waals surface area (Å²) in [7, 11) is 0. The van der Waals surface area contributed by atoms with Crippen molar-refractivity contribution in [2.45, 2.75) is 18.8 Å². The third-order valence-electron chi connectivity index (χ3n) is 4.56. The highest BCUT2D eigenvalue weighted by Gasteiger charge is 2.46. The first-order valence-corrected chi connectivity index (χ1v) is 7.39. The molecule has 1 fully saturated rings. The quantitative estimate of drug-likeness (QED) is 0.824. The first-order valence-electron chi connectivity index (χ1n) is 7.39. The highest BCUT2D eigenvalue weighted by atomic mass is 19.1. The first-order chi connectivity index (χ1) is 10.2. The molecule has 4 rings (SSSR count). The van der Waals surface area contributed by atoms with Gasteiger partial charge in [-0.05, 0) is 48.1 Å². The number of carbonyl (C=O) groups excluding carboxylic acids is 1. The van der Waals surface area contributed by atoms with E-state index in [-0.39, 0.29) is 23.6 Å². The Morgan fingerprint density at radius 3 is 2.67 bits per heavy atom. The van der Waals surface area contributed by atoms with Gasteiger partial charge >= 0.3 is 0 Å². The highest BCUT2D eigenvalue weighted by molar-refractivity contribution is 5.99. The molecule has 21 heavy (non-hydrogen) atoms.